The molecular weight excluding hydrogens is 424 g/mol. The van der Waals surface area contributed by atoms with Gasteiger partial charge in [0.2, 0.25) is 0 Å². The molecule has 0 spiro atoms. The third-order valence-corrected chi connectivity index (χ3v) is 6.92. The van der Waals surface area contributed by atoms with E-state index in [2.05, 4.69) is 0 Å². The molecule has 156 valence electrons. The predicted octanol–water partition coefficient (Wildman–Crippen LogP) is 3.60. The van der Waals surface area contributed by atoms with E-state index < -0.39 is 39.5 Å². The Morgan fingerprint density at radius 2 is 1.90 bits per heavy atom. The van der Waals surface area contributed by atoms with Gasteiger partial charge in [-0.15, -0.1) is 0 Å². The van der Waals surface area contributed by atoms with Crippen LogP contribution in [0, 0.1) is 11.6 Å². The van der Waals surface area contributed by atoms with E-state index in [0.29, 0.717) is 0 Å². The lowest BCUT2D eigenvalue weighted by Gasteiger charge is -2.31. The van der Waals surface area contributed by atoms with Crippen molar-refractivity contribution in [2.45, 2.75) is 32.0 Å². The molecule has 9 heteroatoms. The standard InChI is InChI=1S/C20H20ClF2NO4S/c1-13(28-19-8-3-2-6-18(19)23)20(25)24(14-9-10-29(26,27)12-14)11-15-16(21)5-4-7-17(15)22/h2-8,13-14H,9-12H2,1H3. The second kappa shape index (κ2) is 8.67. The Morgan fingerprint density at radius 1 is 1.21 bits per heavy atom. The number of ether oxygens (including phenoxy) is 1. The minimum absolute atomic E-state index is 0.0605. The summed E-state index contributed by atoms with van der Waals surface area (Å²) < 4.78 is 57.5. The van der Waals surface area contributed by atoms with Crippen LogP contribution in [-0.4, -0.2) is 42.9 Å². The molecule has 29 heavy (non-hydrogen) atoms. The van der Waals surface area contributed by atoms with Crippen molar-refractivity contribution < 1.29 is 26.7 Å². The van der Waals surface area contributed by atoms with Crippen LogP contribution < -0.4 is 4.74 Å². The molecule has 1 heterocycles. The Balaban J connectivity index is 1.88. The van der Waals surface area contributed by atoms with Crippen LogP contribution in [0.4, 0.5) is 8.78 Å². The van der Waals surface area contributed by atoms with Crippen molar-refractivity contribution >= 4 is 27.3 Å². The number of hydrogen-bond acceptors (Lipinski definition) is 4. The Labute approximate surface area is 173 Å². The fraction of sp³-hybridized carbons (Fsp3) is 0.350. The molecule has 1 saturated heterocycles. The number of carbonyl (C=O) groups is 1. The molecule has 0 aromatic heterocycles. The van der Waals surface area contributed by atoms with Crippen LogP contribution in [0.5, 0.6) is 5.75 Å². The van der Waals surface area contributed by atoms with E-state index in [-0.39, 0.29) is 40.8 Å². The minimum atomic E-state index is -3.30. The number of carbonyl (C=O) groups excluding carboxylic acids is 1. The first-order valence-electron chi connectivity index (χ1n) is 9.03. The molecule has 1 aliphatic rings. The highest BCUT2D eigenvalue weighted by molar-refractivity contribution is 7.91. The summed E-state index contributed by atoms with van der Waals surface area (Å²) >= 11 is 6.09. The summed E-state index contributed by atoms with van der Waals surface area (Å²) in [4.78, 5) is 14.4. The average Bonchev–Trinajstić information content (AvgIpc) is 3.02. The van der Waals surface area contributed by atoms with Crippen LogP contribution in [0.25, 0.3) is 0 Å². The summed E-state index contributed by atoms with van der Waals surface area (Å²) in [5.41, 5.74) is 0.0879. The Kier molecular flexibility index (Phi) is 6.43. The number of para-hydroxylation sites is 1. The Hall–Kier alpha value is -2.19. The van der Waals surface area contributed by atoms with Crippen molar-refractivity contribution in [2.24, 2.45) is 0 Å². The predicted molar refractivity (Wildman–Crippen MR) is 106 cm³/mol. The zero-order valence-corrected chi connectivity index (χ0v) is 17.2. The summed E-state index contributed by atoms with van der Waals surface area (Å²) in [6.07, 6.45) is -0.882. The summed E-state index contributed by atoms with van der Waals surface area (Å²) in [5.74, 6) is -2.18. The molecule has 1 aliphatic heterocycles. The molecule has 0 bridgehead atoms. The molecule has 2 aromatic carbocycles. The molecule has 0 aliphatic carbocycles. The van der Waals surface area contributed by atoms with E-state index in [1.807, 2.05) is 0 Å². The van der Waals surface area contributed by atoms with Crippen LogP contribution in [0.3, 0.4) is 0 Å². The quantitative estimate of drug-likeness (QED) is 0.684. The number of rotatable bonds is 6. The highest BCUT2D eigenvalue weighted by Crippen LogP contribution is 2.27. The van der Waals surface area contributed by atoms with Gasteiger partial charge in [0.15, 0.2) is 27.5 Å². The fourth-order valence-corrected chi connectivity index (χ4v) is 5.23. The molecule has 2 unspecified atom stereocenters. The van der Waals surface area contributed by atoms with Gasteiger partial charge in [0, 0.05) is 16.6 Å². The summed E-state index contributed by atoms with van der Waals surface area (Å²) in [6.45, 7) is 1.23. The van der Waals surface area contributed by atoms with Crippen LogP contribution in [0.2, 0.25) is 5.02 Å². The number of nitrogens with zero attached hydrogens (tertiary/aromatic N) is 1. The van der Waals surface area contributed by atoms with E-state index in [0.717, 1.165) is 0 Å². The first-order chi connectivity index (χ1) is 13.7. The van der Waals surface area contributed by atoms with E-state index in [9.17, 15) is 22.0 Å². The zero-order valence-electron chi connectivity index (χ0n) is 15.6. The van der Waals surface area contributed by atoms with Crippen molar-refractivity contribution in [3.8, 4) is 5.75 Å². The molecule has 2 aromatic rings. The topological polar surface area (TPSA) is 63.7 Å². The van der Waals surface area contributed by atoms with Gasteiger partial charge in [-0.25, -0.2) is 17.2 Å². The van der Waals surface area contributed by atoms with Gasteiger partial charge < -0.3 is 9.64 Å². The molecule has 0 radical (unpaired) electrons. The monoisotopic (exact) mass is 443 g/mol. The van der Waals surface area contributed by atoms with Crippen LogP contribution in [-0.2, 0) is 21.2 Å². The van der Waals surface area contributed by atoms with Crippen molar-refractivity contribution in [1.29, 1.82) is 0 Å². The van der Waals surface area contributed by atoms with Gasteiger partial charge in [-0.1, -0.05) is 29.8 Å². The van der Waals surface area contributed by atoms with Crippen molar-refractivity contribution in [1.82, 2.24) is 4.90 Å². The van der Waals surface area contributed by atoms with Crippen molar-refractivity contribution in [2.75, 3.05) is 11.5 Å². The van der Waals surface area contributed by atoms with Crippen LogP contribution >= 0.6 is 11.6 Å². The van der Waals surface area contributed by atoms with Crippen molar-refractivity contribution in [3.63, 3.8) is 0 Å². The SMILES string of the molecule is CC(Oc1ccccc1F)C(=O)N(Cc1c(F)cccc1Cl)C1CCS(=O)(=O)C1. The largest absolute Gasteiger partial charge is 0.478 e. The number of amides is 1. The smallest absolute Gasteiger partial charge is 0.263 e. The Bertz CT molecular complexity index is 995. The summed E-state index contributed by atoms with van der Waals surface area (Å²) in [7, 11) is -3.30. The highest BCUT2D eigenvalue weighted by Gasteiger charge is 2.37. The maximum Gasteiger partial charge on any atom is 0.263 e. The first kappa shape index (κ1) is 21.5. The number of hydrogen-bond donors (Lipinski definition) is 0. The molecule has 2 atom stereocenters. The van der Waals surface area contributed by atoms with Gasteiger partial charge in [0.05, 0.1) is 18.1 Å². The van der Waals surface area contributed by atoms with Crippen LogP contribution in [0.15, 0.2) is 42.5 Å². The van der Waals surface area contributed by atoms with E-state index >= 15 is 0 Å². The normalized spacial score (nSPS) is 19.0. The maximum atomic E-state index is 14.3. The number of benzene rings is 2. The van der Waals surface area contributed by atoms with Gasteiger partial charge in [0.25, 0.3) is 5.91 Å². The first-order valence-corrected chi connectivity index (χ1v) is 11.2. The summed E-state index contributed by atoms with van der Waals surface area (Å²) in [6, 6.07) is 9.15. The molecule has 0 N–H and O–H groups in total. The van der Waals surface area contributed by atoms with Gasteiger partial charge >= 0.3 is 0 Å². The average molecular weight is 444 g/mol. The lowest BCUT2D eigenvalue weighted by molar-refractivity contribution is -0.140. The van der Waals surface area contributed by atoms with Gasteiger partial charge in [0.1, 0.15) is 5.82 Å². The van der Waals surface area contributed by atoms with E-state index in [1.165, 1.54) is 48.2 Å². The molecule has 1 amide bonds. The van der Waals surface area contributed by atoms with Gasteiger partial charge in [-0.2, -0.15) is 0 Å². The van der Waals surface area contributed by atoms with E-state index in [4.69, 9.17) is 16.3 Å². The third-order valence-electron chi connectivity index (χ3n) is 4.81. The molecule has 1 fully saturated rings. The summed E-state index contributed by atoms with van der Waals surface area (Å²) in [5, 5.41) is 0.131. The maximum absolute atomic E-state index is 14.3. The van der Waals surface area contributed by atoms with Crippen LogP contribution in [0.1, 0.15) is 18.9 Å². The molecule has 0 saturated carbocycles. The lowest BCUT2D eigenvalue weighted by Crippen LogP contribution is -2.46. The number of sulfone groups is 1. The molecule has 3 rings (SSSR count). The minimum Gasteiger partial charge on any atom is -0.478 e. The van der Waals surface area contributed by atoms with Gasteiger partial charge in [-0.3, -0.25) is 4.79 Å². The molecular formula is C20H20ClF2NO4S. The fourth-order valence-electron chi connectivity index (χ4n) is 3.28. The zero-order chi connectivity index (χ0) is 21.2. The van der Waals surface area contributed by atoms with E-state index in [1.54, 1.807) is 6.07 Å². The number of halogens is 3. The third kappa shape index (κ3) is 5.05. The second-order valence-corrected chi connectivity index (χ2v) is 9.55. The second-order valence-electron chi connectivity index (χ2n) is 6.91. The highest BCUT2D eigenvalue weighted by atomic mass is 35.5. The molecule has 5 nitrogen and oxygen atoms in total. The van der Waals surface area contributed by atoms with Crippen molar-refractivity contribution in [3.05, 3.63) is 64.7 Å². The Morgan fingerprint density at radius 3 is 2.52 bits per heavy atom. The lowest BCUT2D eigenvalue weighted by atomic mass is 10.1. The van der Waals surface area contributed by atoms with Gasteiger partial charge in [-0.05, 0) is 37.6 Å².